The van der Waals surface area contributed by atoms with Crippen molar-refractivity contribution >= 4 is 44.1 Å². The summed E-state index contributed by atoms with van der Waals surface area (Å²) >= 11 is 1.36. The molecule has 1 atom stereocenters. The number of anilines is 1. The molecule has 1 saturated heterocycles. The predicted octanol–water partition coefficient (Wildman–Crippen LogP) is 6.61. The second-order valence-electron chi connectivity index (χ2n) is 11.3. The Morgan fingerprint density at radius 2 is 1.68 bits per heavy atom. The Kier molecular flexibility index (Phi) is 6.18. The van der Waals surface area contributed by atoms with Crippen molar-refractivity contribution in [1.29, 1.82) is 0 Å². The molecular weight excluding hydrogens is 524 g/mol. The Bertz CT molecular complexity index is 1710. The molecule has 1 N–H and O–H groups in total. The van der Waals surface area contributed by atoms with Gasteiger partial charge in [-0.3, -0.25) is 14.5 Å². The first-order valence-electron chi connectivity index (χ1n) is 13.2. The van der Waals surface area contributed by atoms with Crippen molar-refractivity contribution in [2.75, 3.05) is 18.1 Å². The highest BCUT2D eigenvalue weighted by Crippen LogP contribution is 2.45. The molecule has 0 spiro atoms. The number of hydrogen-bond acceptors (Lipinski definition) is 7. The Morgan fingerprint density at radius 3 is 2.38 bits per heavy atom. The Morgan fingerprint density at radius 1 is 0.975 bits per heavy atom. The zero-order valence-electron chi connectivity index (χ0n) is 23.1. The fourth-order valence-corrected chi connectivity index (χ4v) is 6.49. The summed E-state index contributed by atoms with van der Waals surface area (Å²) in [5, 5.41) is 12.0. The standard InChI is InChI=1S/C32H30N2O5S/c1-17-14-18(2)26-24(15-17)40-31(33-26)34-27(19-6-9-21(10-7-19)32(3,4)5)25(29(36)30(34)37)28(35)20-8-11-22-23(16-20)39-13-12-38-22/h6-11,14-16,27,35H,12-13H2,1-5H3. The van der Waals surface area contributed by atoms with Crippen LogP contribution in [-0.2, 0) is 15.0 Å². The summed E-state index contributed by atoms with van der Waals surface area (Å²) in [5.74, 6) is -0.705. The minimum atomic E-state index is -0.857. The molecule has 2 aliphatic heterocycles. The number of ketones is 1. The van der Waals surface area contributed by atoms with Crippen molar-refractivity contribution in [2.24, 2.45) is 0 Å². The summed E-state index contributed by atoms with van der Waals surface area (Å²) in [5.41, 5.74) is 5.01. The van der Waals surface area contributed by atoms with Gasteiger partial charge >= 0.3 is 5.91 Å². The first-order valence-corrected chi connectivity index (χ1v) is 14.0. The zero-order valence-corrected chi connectivity index (χ0v) is 23.9. The van der Waals surface area contributed by atoms with E-state index in [1.165, 1.54) is 16.2 Å². The molecule has 1 fully saturated rings. The van der Waals surface area contributed by atoms with E-state index in [1.807, 2.05) is 50.2 Å². The summed E-state index contributed by atoms with van der Waals surface area (Å²) in [4.78, 5) is 33.6. The predicted molar refractivity (Wildman–Crippen MR) is 156 cm³/mol. The highest BCUT2D eigenvalue weighted by molar-refractivity contribution is 7.22. The largest absolute Gasteiger partial charge is 0.507 e. The number of aryl methyl sites for hydroxylation is 2. The van der Waals surface area contributed by atoms with Crippen LogP contribution in [-0.4, -0.2) is 35.0 Å². The van der Waals surface area contributed by atoms with Gasteiger partial charge in [-0.25, -0.2) is 4.98 Å². The minimum absolute atomic E-state index is 0.0114. The molecule has 1 aromatic heterocycles. The van der Waals surface area contributed by atoms with Gasteiger partial charge in [-0.2, -0.15) is 0 Å². The lowest BCUT2D eigenvalue weighted by atomic mass is 9.85. The highest BCUT2D eigenvalue weighted by Gasteiger charge is 2.48. The van der Waals surface area contributed by atoms with Crippen LogP contribution in [0.15, 0.2) is 60.2 Å². The summed E-state index contributed by atoms with van der Waals surface area (Å²) in [7, 11) is 0. The number of benzene rings is 3. The van der Waals surface area contributed by atoms with E-state index < -0.39 is 17.7 Å². The molecule has 1 amide bonds. The van der Waals surface area contributed by atoms with Gasteiger partial charge in [0, 0.05) is 5.56 Å². The third-order valence-corrected chi connectivity index (χ3v) is 8.38. The number of hydrogen-bond donors (Lipinski definition) is 1. The van der Waals surface area contributed by atoms with Gasteiger partial charge in [0.15, 0.2) is 16.6 Å². The van der Waals surface area contributed by atoms with Crippen LogP contribution in [0, 0.1) is 13.8 Å². The fraction of sp³-hybridized carbons (Fsp3) is 0.281. The minimum Gasteiger partial charge on any atom is -0.507 e. The monoisotopic (exact) mass is 554 g/mol. The Hall–Kier alpha value is -4.17. The summed E-state index contributed by atoms with van der Waals surface area (Å²) < 4.78 is 12.2. The van der Waals surface area contributed by atoms with Crippen LogP contribution >= 0.6 is 11.3 Å². The molecule has 1 unspecified atom stereocenters. The van der Waals surface area contributed by atoms with E-state index in [-0.39, 0.29) is 16.7 Å². The number of fused-ring (bicyclic) bond motifs is 2. The molecule has 3 heterocycles. The van der Waals surface area contributed by atoms with Crippen LogP contribution in [0.5, 0.6) is 11.5 Å². The molecule has 3 aromatic carbocycles. The van der Waals surface area contributed by atoms with Gasteiger partial charge in [-0.15, -0.1) is 0 Å². The maximum atomic E-state index is 13.7. The molecule has 40 heavy (non-hydrogen) atoms. The molecule has 0 saturated carbocycles. The SMILES string of the molecule is Cc1cc(C)c2nc(N3C(=O)C(=O)C(=C(O)c4ccc5c(c4)OCCO5)C3c3ccc(C(C)(C)C)cc3)sc2c1. The summed E-state index contributed by atoms with van der Waals surface area (Å²) in [6.45, 7) is 11.2. The normalized spacial score (nSPS) is 18.5. The van der Waals surface area contributed by atoms with Crippen LogP contribution in [0.4, 0.5) is 5.13 Å². The maximum absolute atomic E-state index is 13.7. The molecule has 6 rings (SSSR count). The number of thiazole rings is 1. The summed E-state index contributed by atoms with van der Waals surface area (Å²) in [6, 6.07) is 16.1. The molecule has 0 aliphatic carbocycles. The summed E-state index contributed by atoms with van der Waals surface area (Å²) in [6.07, 6.45) is 0. The van der Waals surface area contributed by atoms with E-state index in [9.17, 15) is 14.7 Å². The third-order valence-electron chi connectivity index (χ3n) is 7.38. The van der Waals surface area contributed by atoms with E-state index in [0.717, 1.165) is 26.9 Å². The molecule has 0 radical (unpaired) electrons. The van der Waals surface area contributed by atoms with E-state index in [4.69, 9.17) is 14.5 Å². The highest BCUT2D eigenvalue weighted by atomic mass is 32.1. The van der Waals surface area contributed by atoms with Crippen molar-refractivity contribution in [3.63, 3.8) is 0 Å². The van der Waals surface area contributed by atoms with Gasteiger partial charge in [0.2, 0.25) is 0 Å². The van der Waals surface area contributed by atoms with E-state index in [2.05, 4.69) is 20.8 Å². The average Bonchev–Trinajstić information content (AvgIpc) is 3.46. The van der Waals surface area contributed by atoms with Crippen LogP contribution < -0.4 is 14.4 Å². The van der Waals surface area contributed by atoms with Crippen molar-refractivity contribution in [3.05, 3.63) is 88.0 Å². The van der Waals surface area contributed by atoms with E-state index >= 15 is 0 Å². The first-order chi connectivity index (χ1) is 19.0. The zero-order chi connectivity index (χ0) is 28.3. The van der Waals surface area contributed by atoms with Crippen molar-refractivity contribution in [1.82, 2.24) is 4.98 Å². The number of aliphatic hydroxyl groups excluding tert-OH is 1. The number of carbonyl (C=O) groups is 2. The number of aromatic nitrogens is 1. The van der Waals surface area contributed by atoms with E-state index in [1.54, 1.807) is 18.2 Å². The number of carbonyl (C=O) groups excluding carboxylic acids is 2. The number of amides is 1. The average molecular weight is 555 g/mol. The van der Waals surface area contributed by atoms with Gasteiger partial charge in [0.1, 0.15) is 19.0 Å². The number of aliphatic hydroxyl groups is 1. The smallest absolute Gasteiger partial charge is 0.301 e. The van der Waals surface area contributed by atoms with Crippen molar-refractivity contribution in [3.8, 4) is 11.5 Å². The second-order valence-corrected chi connectivity index (χ2v) is 12.3. The van der Waals surface area contributed by atoms with Crippen molar-refractivity contribution in [2.45, 2.75) is 46.1 Å². The van der Waals surface area contributed by atoms with Gasteiger partial charge in [0.25, 0.3) is 5.78 Å². The molecule has 8 heteroatoms. The molecule has 204 valence electrons. The van der Waals surface area contributed by atoms with Crippen LogP contribution in [0.3, 0.4) is 0 Å². The quantitative estimate of drug-likeness (QED) is 0.174. The lowest BCUT2D eigenvalue weighted by Gasteiger charge is -2.25. The molecule has 2 aliphatic rings. The second kappa shape index (κ2) is 9.48. The van der Waals surface area contributed by atoms with Gasteiger partial charge in [-0.1, -0.05) is 62.4 Å². The lowest BCUT2D eigenvalue weighted by Crippen LogP contribution is -2.29. The first kappa shape index (κ1) is 26.1. The number of nitrogens with zero attached hydrogens (tertiary/aromatic N) is 2. The van der Waals surface area contributed by atoms with Crippen LogP contribution in [0.2, 0.25) is 0 Å². The molecule has 7 nitrogen and oxygen atoms in total. The molecule has 4 aromatic rings. The van der Waals surface area contributed by atoms with Gasteiger partial charge < -0.3 is 14.6 Å². The number of Topliss-reactive ketones (excluding diaryl/α,β-unsaturated/α-hetero) is 1. The van der Waals surface area contributed by atoms with Crippen molar-refractivity contribution < 1.29 is 24.2 Å². The number of ether oxygens (including phenoxy) is 2. The Balaban J connectivity index is 1.54. The van der Waals surface area contributed by atoms with Crippen LogP contribution in [0.1, 0.15) is 54.6 Å². The molecule has 0 bridgehead atoms. The van der Waals surface area contributed by atoms with E-state index in [0.29, 0.717) is 41.0 Å². The third kappa shape index (κ3) is 4.32. The Labute approximate surface area is 236 Å². The maximum Gasteiger partial charge on any atom is 0.301 e. The van der Waals surface area contributed by atoms with Gasteiger partial charge in [0.05, 0.1) is 21.8 Å². The van der Waals surface area contributed by atoms with Gasteiger partial charge in [-0.05, 0) is 65.8 Å². The van der Waals surface area contributed by atoms with Crippen LogP contribution in [0.25, 0.3) is 16.0 Å². The fourth-order valence-electron chi connectivity index (χ4n) is 5.32. The topological polar surface area (TPSA) is 89.0 Å². The lowest BCUT2D eigenvalue weighted by molar-refractivity contribution is -0.132. The number of rotatable bonds is 3. The molecular formula is C32H30N2O5S.